The summed E-state index contributed by atoms with van der Waals surface area (Å²) in [4.78, 5) is 14.8. The number of halogens is 2. The van der Waals surface area contributed by atoms with Gasteiger partial charge in [-0.2, -0.15) is 0 Å². The summed E-state index contributed by atoms with van der Waals surface area (Å²) in [5.41, 5.74) is 3.35. The third kappa shape index (κ3) is 3.73. The summed E-state index contributed by atoms with van der Waals surface area (Å²) >= 11 is 11.6. The van der Waals surface area contributed by atoms with Gasteiger partial charge in [-0.05, 0) is 18.2 Å². The summed E-state index contributed by atoms with van der Waals surface area (Å²) in [5.74, 6) is -1.08. The van der Waals surface area contributed by atoms with Crippen LogP contribution >= 0.6 is 23.2 Å². The molecular weight excluding hydrogens is 253 g/mol. The van der Waals surface area contributed by atoms with E-state index in [-0.39, 0.29) is 0 Å². The lowest BCUT2D eigenvalue weighted by Gasteiger charge is -2.10. The molecule has 0 aliphatic rings. The van der Waals surface area contributed by atoms with E-state index in [4.69, 9.17) is 28.3 Å². The van der Waals surface area contributed by atoms with Crippen LogP contribution in [0.3, 0.4) is 0 Å². The molecule has 1 rings (SSSR count). The number of carboxylic acid groups (broad SMARTS) is 1. The highest BCUT2D eigenvalue weighted by atomic mass is 35.5. The second-order valence-electron chi connectivity index (χ2n) is 2.89. The zero-order chi connectivity index (χ0) is 12.1. The largest absolute Gasteiger partial charge is 0.479 e. The molecule has 0 aliphatic heterocycles. The Balaban J connectivity index is 2.63. The number of aliphatic carboxylic acids is 1. The molecule has 0 fully saturated rings. The van der Waals surface area contributed by atoms with Gasteiger partial charge in [-0.15, -0.1) is 0 Å². The monoisotopic (exact) mass is 261 g/mol. The summed E-state index contributed by atoms with van der Waals surface area (Å²) in [6, 6.07) is 4.86. The maximum absolute atomic E-state index is 10.2. The Kier molecular flexibility index (Phi) is 4.61. The van der Waals surface area contributed by atoms with Gasteiger partial charge in [-0.3, -0.25) is 10.3 Å². The highest BCUT2D eigenvalue weighted by molar-refractivity contribution is 6.35. The van der Waals surface area contributed by atoms with Gasteiger partial charge in [0.15, 0.2) is 6.61 Å². The second kappa shape index (κ2) is 5.75. The quantitative estimate of drug-likeness (QED) is 0.800. The molecule has 0 aromatic heterocycles. The molecule has 1 aromatic carbocycles. The molecule has 4 nitrogen and oxygen atoms in total. The van der Waals surface area contributed by atoms with Crippen molar-refractivity contribution in [2.45, 2.75) is 0 Å². The lowest BCUT2D eigenvalue weighted by molar-refractivity contribution is -0.143. The molecule has 86 valence electrons. The maximum Gasteiger partial charge on any atom is 0.332 e. The zero-order valence-corrected chi connectivity index (χ0v) is 9.68. The van der Waals surface area contributed by atoms with Crippen molar-refractivity contribution in [2.75, 3.05) is 6.61 Å². The van der Waals surface area contributed by atoms with E-state index in [9.17, 15) is 4.79 Å². The third-order valence-corrected chi connectivity index (χ3v) is 2.20. The molecule has 0 saturated carbocycles. The normalized spacial score (nSPS) is 9.88. The summed E-state index contributed by atoms with van der Waals surface area (Å²) in [6.07, 6.45) is 0. The number of benzene rings is 1. The van der Waals surface area contributed by atoms with Crippen LogP contribution in [0.1, 0.15) is 5.56 Å². The molecule has 0 bridgehead atoms. The Hall–Kier alpha value is -1.23. The standard InChI is InChI=1S/C10H9Cl2NO3/c1-6(13-16-5-10(14)15)8-3-2-7(11)4-9(8)12/h2-4,13H,1,5H2,(H,14,15). The van der Waals surface area contributed by atoms with Gasteiger partial charge >= 0.3 is 5.97 Å². The van der Waals surface area contributed by atoms with Crippen LogP contribution in [0.5, 0.6) is 0 Å². The van der Waals surface area contributed by atoms with Gasteiger partial charge in [-0.25, -0.2) is 4.79 Å². The first-order valence-electron chi connectivity index (χ1n) is 4.24. The zero-order valence-electron chi connectivity index (χ0n) is 8.17. The fraction of sp³-hybridized carbons (Fsp3) is 0.100. The summed E-state index contributed by atoms with van der Waals surface area (Å²) in [5, 5.41) is 9.26. The Morgan fingerprint density at radius 2 is 2.19 bits per heavy atom. The first-order valence-corrected chi connectivity index (χ1v) is 5.00. The minimum Gasteiger partial charge on any atom is -0.479 e. The summed E-state index contributed by atoms with van der Waals surface area (Å²) in [7, 11) is 0. The van der Waals surface area contributed by atoms with Gasteiger partial charge in [-0.1, -0.05) is 29.8 Å². The fourth-order valence-corrected chi connectivity index (χ4v) is 1.50. The van der Waals surface area contributed by atoms with Crippen molar-refractivity contribution in [2.24, 2.45) is 0 Å². The third-order valence-electron chi connectivity index (χ3n) is 1.65. The number of nitrogens with one attached hydrogen (secondary N) is 1. The minimum absolute atomic E-state index is 0.364. The van der Waals surface area contributed by atoms with Gasteiger partial charge < -0.3 is 5.11 Å². The van der Waals surface area contributed by atoms with E-state index in [1.807, 2.05) is 0 Å². The van der Waals surface area contributed by atoms with E-state index in [1.54, 1.807) is 18.2 Å². The van der Waals surface area contributed by atoms with E-state index in [0.717, 1.165) is 0 Å². The average molecular weight is 262 g/mol. The number of carboxylic acids is 1. The van der Waals surface area contributed by atoms with Crippen molar-refractivity contribution in [3.63, 3.8) is 0 Å². The predicted octanol–water partition coefficient (Wildman–Crippen LogP) is 2.57. The smallest absolute Gasteiger partial charge is 0.332 e. The van der Waals surface area contributed by atoms with Crippen molar-refractivity contribution < 1.29 is 14.7 Å². The van der Waals surface area contributed by atoms with Crippen molar-refractivity contribution >= 4 is 34.9 Å². The molecule has 2 N–H and O–H groups in total. The molecular formula is C10H9Cl2NO3. The fourth-order valence-electron chi connectivity index (χ4n) is 0.974. The molecule has 0 atom stereocenters. The molecule has 0 unspecified atom stereocenters. The highest BCUT2D eigenvalue weighted by Gasteiger charge is 2.05. The van der Waals surface area contributed by atoms with Crippen molar-refractivity contribution in [3.05, 3.63) is 40.4 Å². The number of hydroxylamine groups is 1. The average Bonchev–Trinajstić information content (AvgIpc) is 2.16. The van der Waals surface area contributed by atoms with Crippen LogP contribution in [0.2, 0.25) is 10.0 Å². The van der Waals surface area contributed by atoms with Gasteiger partial charge in [0.25, 0.3) is 0 Å². The van der Waals surface area contributed by atoms with Crippen molar-refractivity contribution in [3.8, 4) is 0 Å². The van der Waals surface area contributed by atoms with Crippen LogP contribution in [-0.4, -0.2) is 17.7 Å². The van der Waals surface area contributed by atoms with Gasteiger partial charge in [0.05, 0.1) is 10.7 Å². The number of rotatable bonds is 5. The molecule has 0 radical (unpaired) electrons. The molecule has 6 heteroatoms. The molecule has 0 heterocycles. The number of hydrogen-bond donors (Lipinski definition) is 2. The Labute approximate surface area is 102 Å². The van der Waals surface area contributed by atoms with Crippen LogP contribution < -0.4 is 5.48 Å². The van der Waals surface area contributed by atoms with Gasteiger partial charge in [0.1, 0.15) is 0 Å². The van der Waals surface area contributed by atoms with Crippen LogP contribution in [0, 0.1) is 0 Å². The lowest BCUT2D eigenvalue weighted by Crippen LogP contribution is -2.18. The SMILES string of the molecule is C=C(NOCC(=O)O)c1ccc(Cl)cc1Cl. The molecule has 0 spiro atoms. The van der Waals surface area contributed by atoms with E-state index in [1.165, 1.54) is 0 Å². The van der Waals surface area contributed by atoms with Gasteiger partial charge in [0.2, 0.25) is 0 Å². The topological polar surface area (TPSA) is 58.6 Å². The second-order valence-corrected chi connectivity index (χ2v) is 3.73. The summed E-state index contributed by atoms with van der Waals surface area (Å²) in [6.45, 7) is 3.19. The minimum atomic E-state index is -1.08. The van der Waals surface area contributed by atoms with Gasteiger partial charge in [0, 0.05) is 10.6 Å². The Bertz CT molecular complexity index is 421. The Morgan fingerprint density at radius 1 is 1.50 bits per heavy atom. The highest BCUT2D eigenvalue weighted by Crippen LogP contribution is 2.24. The van der Waals surface area contributed by atoms with E-state index >= 15 is 0 Å². The maximum atomic E-state index is 10.2. The molecule has 1 aromatic rings. The number of carbonyl (C=O) groups is 1. The predicted molar refractivity (Wildman–Crippen MR) is 62.2 cm³/mol. The molecule has 0 amide bonds. The number of hydrogen-bond acceptors (Lipinski definition) is 3. The van der Waals surface area contributed by atoms with Crippen LogP contribution in [0.4, 0.5) is 0 Å². The van der Waals surface area contributed by atoms with Crippen LogP contribution in [0.15, 0.2) is 24.8 Å². The van der Waals surface area contributed by atoms with Crippen molar-refractivity contribution in [1.82, 2.24) is 5.48 Å². The molecule has 16 heavy (non-hydrogen) atoms. The van der Waals surface area contributed by atoms with Crippen LogP contribution in [-0.2, 0) is 9.63 Å². The Morgan fingerprint density at radius 3 is 2.75 bits per heavy atom. The van der Waals surface area contributed by atoms with Crippen molar-refractivity contribution in [1.29, 1.82) is 0 Å². The first-order chi connectivity index (χ1) is 7.50. The van der Waals surface area contributed by atoms with E-state index in [2.05, 4.69) is 16.9 Å². The first kappa shape index (κ1) is 12.8. The van der Waals surface area contributed by atoms with E-state index in [0.29, 0.717) is 21.3 Å². The summed E-state index contributed by atoms with van der Waals surface area (Å²) < 4.78 is 0. The lowest BCUT2D eigenvalue weighted by atomic mass is 10.2. The van der Waals surface area contributed by atoms with E-state index < -0.39 is 12.6 Å². The molecule has 0 aliphatic carbocycles. The van der Waals surface area contributed by atoms with Crippen LogP contribution in [0.25, 0.3) is 5.70 Å². The molecule has 0 saturated heterocycles.